The van der Waals surface area contributed by atoms with Crippen molar-refractivity contribution in [1.82, 2.24) is 19.6 Å². The molecule has 0 N–H and O–H groups in total. The van der Waals surface area contributed by atoms with Gasteiger partial charge in [0.2, 0.25) is 5.91 Å². The van der Waals surface area contributed by atoms with Gasteiger partial charge in [-0.2, -0.15) is 5.10 Å². The predicted molar refractivity (Wildman–Crippen MR) is 100 cm³/mol. The van der Waals surface area contributed by atoms with Crippen LogP contribution in [0.15, 0.2) is 36.5 Å². The second-order valence-corrected chi connectivity index (χ2v) is 6.90. The highest BCUT2D eigenvalue weighted by molar-refractivity contribution is 5.95. The summed E-state index contributed by atoms with van der Waals surface area (Å²) < 4.78 is 1.84. The molecule has 1 saturated heterocycles. The van der Waals surface area contributed by atoms with E-state index in [0.717, 1.165) is 30.6 Å². The molecule has 2 amide bonds. The van der Waals surface area contributed by atoms with Crippen molar-refractivity contribution in [2.75, 3.05) is 27.2 Å². The maximum Gasteiger partial charge on any atom is 0.257 e. The molecule has 0 aliphatic carbocycles. The van der Waals surface area contributed by atoms with Gasteiger partial charge in [0.1, 0.15) is 0 Å². The smallest absolute Gasteiger partial charge is 0.257 e. The molecule has 1 aromatic carbocycles. The summed E-state index contributed by atoms with van der Waals surface area (Å²) in [6, 6.07) is 9.86. The van der Waals surface area contributed by atoms with Crippen LogP contribution in [0.3, 0.4) is 0 Å². The van der Waals surface area contributed by atoms with E-state index in [9.17, 15) is 9.59 Å². The zero-order chi connectivity index (χ0) is 18.7. The van der Waals surface area contributed by atoms with Gasteiger partial charge in [0.05, 0.1) is 23.1 Å². The van der Waals surface area contributed by atoms with Crippen LogP contribution in [-0.4, -0.2) is 58.6 Å². The van der Waals surface area contributed by atoms with Crippen LogP contribution in [0.25, 0.3) is 5.69 Å². The van der Waals surface area contributed by atoms with Gasteiger partial charge in [-0.05, 0) is 31.4 Å². The van der Waals surface area contributed by atoms with Crippen LogP contribution in [0.1, 0.15) is 35.8 Å². The number of nitrogens with zero attached hydrogens (tertiary/aromatic N) is 4. The first-order chi connectivity index (χ1) is 12.5. The summed E-state index contributed by atoms with van der Waals surface area (Å²) in [6.45, 7) is 3.26. The third-order valence-electron chi connectivity index (χ3n) is 5.01. The molecule has 0 unspecified atom stereocenters. The molecule has 0 bridgehead atoms. The van der Waals surface area contributed by atoms with Crippen molar-refractivity contribution in [2.45, 2.75) is 26.2 Å². The maximum atomic E-state index is 13.0. The van der Waals surface area contributed by atoms with Crippen LogP contribution in [0.5, 0.6) is 0 Å². The topological polar surface area (TPSA) is 58.4 Å². The molecule has 0 spiro atoms. The molecule has 0 radical (unpaired) electrons. The fourth-order valence-corrected chi connectivity index (χ4v) is 3.55. The van der Waals surface area contributed by atoms with Crippen molar-refractivity contribution in [1.29, 1.82) is 0 Å². The molecule has 1 aliphatic rings. The van der Waals surface area contributed by atoms with Crippen LogP contribution in [-0.2, 0) is 11.2 Å². The number of carbonyl (C=O) groups excluding carboxylic acids is 2. The molecule has 2 aromatic rings. The number of likely N-dealkylation sites (tertiary alicyclic amines) is 1. The van der Waals surface area contributed by atoms with E-state index in [1.165, 1.54) is 0 Å². The molecule has 0 atom stereocenters. The van der Waals surface area contributed by atoms with Crippen LogP contribution in [0.4, 0.5) is 0 Å². The van der Waals surface area contributed by atoms with Gasteiger partial charge in [-0.25, -0.2) is 4.68 Å². The summed E-state index contributed by atoms with van der Waals surface area (Å²) >= 11 is 0. The molecule has 0 saturated carbocycles. The van der Waals surface area contributed by atoms with Crippen LogP contribution < -0.4 is 0 Å². The zero-order valence-electron chi connectivity index (χ0n) is 15.7. The van der Waals surface area contributed by atoms with Gasteiger partial charge in [0, 0.05) is 33.1 Å². The third kappa shape index (κ3) is 3.49. The quantitative estimate of drug-likeness (QED) is 0.847. The van der Waals surface area contributed by atoms with Crippen molar-refractivity contribution >= 4 is 11.8 Å². The molecule has 6 nitrogen and oxygen atoms in total. The number of piperidine rings is 1. The third-order valence-corrected chi connectivity index (χ3v) is 5.01. The van der Waals surface area contributed by atoms with E-state index < -0.39 is 0 Å². The van der Waals surface area contributed by atoms with Crippen LogP contribution in [0, 0.1) is 5.92 Å². The van der Waals surface area contributed by atoms with Crippen LogP contribution in [0.2, 0.25) is 0 Å². The van der Waals surface area contributed by atoms with Gasteiger partial charge >= 0.3 is 0 Å². The molecule has 3 rings (SSSR count). The highest BCUT2D eigenvalue weighted by Gasteiger charge is 2.30. The van der Waals surface area contributed by atoms with Gasteiger partial charge in [-0.1, -0.05) is 25.1 Å². The Kier molecular flexibility index (Phi) is 5.40. The van der Waals surface area contributed by atoms with E-state index in [4.69, 9.17) is 0 Å². The van der Waals surface area contributed by atoms with E-state index in [-0.39, 0.29) is 17.7 Å². The molecule has 1 aliphatic heterocycles. The first kappa shape index (κ1) is 18.2. The standard InChI is InChI=1S/C20H26N4O2/c1-4-18-17(14-21-24(18)16-8-6-5-7-9-16)20(26)23-12-10-15(11-13-23)19(25)22(2)3/h5-9,14-15H,4,10-13H2,1-3H3. The normalized spacial score (nSPS) is 15.1. The van der Waals surface area contributed by atoms with Crippen molar-refractivity contribution in [3.63, 3.8) is 0 Å². The molecule has 1 fully saturated rings. The lowest BCUT2D eigenvalue weighted by Gasteiger charge is -2.32. The average molecular weight is 354 g/mol. The van der Waals surface area contributed by atoms with Crippen LogP contribution >= 0.6 is 0 Å². The molecule has 1 aromatic heterocycles. The zero-order valence-corrected chi connectivity index (χ0v) is 15.7. The molecule has 6 heteroatoms. The summed E-state index contributed by atoms with van der Waals surface area (Å²) in [5, 5.41) is 4.45. The number of aromatic nitrogens is 2. The first-order valence-electron chi connectivity index (χ1n) is 9.15. The average Bonchev–Trinajstić information content (AvgIpc) is 3.11. The number of para-hydroxylation sites is 1. The second-order valence-electron chi connectivity index (χ2n) is 6.90. The highest BCUT2D eigenvalue weighted by Crippen LogP contribution is 2.23. The number of carbonyl (C=O) groups is 2. The van der Waals surface area contributed by atoms with E-state index in [1.54, 1.807) is 25.2 Å². The number of amides is 2. The first-order valence-corrected chi connectivity index (χ1v) is 9.15. The van der Waals surface area contributed by atoms with Crippen molar-refractivity contribution < 1.29 is 9.59 Å². The molecular formula is C20H26N4O2. The molecule has 138 valence electrons. The lowest BCUT2D eigenvalue weighted by Crippen LogP contribution is -2.42. The minimum Gasteiger partial charge on any atom is -0.349 e. The van der Waals surface area contributed by atoms with Gasteiger partial charge in [-0.15, -0.1) is 0 Å². The second kappa shape index (κ2) is 7.72. The monoisotopic (exact) mass is 354 g/mol. The predicted octanol–water partition coefficient (Wildman–Crippen LogP) is 2.38. The molecule has 2 heterocycles. The Labute approximate surface area is 154 Å². The Morgan fingerprint density at radius 3 is 2.38 bits per heavy atom. The fourth-order valence-electron chi connectivity index (χ4n) is 3.55. The Morgan fingerprint density at radius 2 is 1.81 bits per heavy atom. The van der Waals surface area contributed by atoms with Gasteiger partial charge in [0.25, 0.3) is 5.91 Å². The summed E-state index contributed by atoms with van der Waals surface area (Å²) in [5.41, 5.74) is 2.54. The minimum atomic E-state index is 0.0137. The SMILES string of the molecule is CCc1c(C(=O)N2CCC(C(=O)N(C)C)CC2)cnn1-c1ccccc1. The Balaban J connectivity index is 1.75. The van der Waals surface area contributed by atoms with Crippen molar-refractivity contribution in [3.8, 4) is 5.69 Å². The Morgan fingerprint density at radius 1 is 1.15 bits per heavy atom. The van der Waals surface area contributed by atoms with Crippen molar-refractivity contribution in [3.05, 3.63) is 47.8 Å². The lowest BCUT2D eigenvalue weighted by molar-refractivity contribution is -0.134. The van der Waals surface area contributed by atoms with E-state index in [2.05, 4.69) is 5.10 Å². The Hall–Kier alpha value is -2.63. The maximum absolute atomic E-state index is 13.0. The largest absolute Gasteiger partial charge is 0.349 e. The number of benzene rings is 1. The Bertz CT molecular complexity index is 774. The van der Waals surface area contributed by atoms with E-state index >= 15 is 0 Å². The van der Waals surface area contributed by atoms with E-state index in [1.807, 2.05) is 46.8 Å². The van der Waals surface area contributed by atoms with Gasteiger partial charge in [-0.3, -0.25) is 9.59 Å². The summed E-state index contributed by atoms with van der Waals surface area (Å²) in [4.78, 5) is 28.6. The summed E-state index contributed by atoms with van der Waals surface area (Å²) in [7, 11) is 3.57. The minimum absolute atomic E-state index is 0.0137. The van der Waals surface area contributed by atoms with Gasteiger partial charge in [0.15, 0.2) is 0 Å². The highest BCUT2D eigenvalue weighted by atomic mass is 16.2. The number of hydrogen-bond donors (Lipinski definition) is 0. The van der Waals surface area contributed by atoms with E-state index in [0.29, 0.717) is 18.7 Å². The summed E-state index contributed by atoms with van der Waals surface area (Å²) in [6.07, 6.45) is 3.84. The lowest BCUT2D eigenvalue weighted by atomic mass is 9.95. The number of rotatable bonds is 4. The number of hydrogen-bond acceptors (Lipinski definition) is 3. The van der Waals surface area contributed by atoms with Crippen molar-refractivity contribution in [2.24, 2.45) is 5.92 Å². The molecular weight excluding hydrogens is 328 g/mol. The fraction of sp³-hybridized carbons (Fsp3) is 0.450. The molecule has 26 heavy (non-hydrogen) atoms. The van der Waals surface area contributed by atoms with Gasteiger partial charge < -0.3 is 9.80 Å². The summed E-state index contributed by atoms with van der Waals surface area (Å²) in [5.74, 6) is 0.190.